The fraction of sp³-hybridized carbons (Fsp3) is 0.444. The van der Waals surface area contributed by atoms with E-state index < -0.39 is 0 Å². The Bertz CT molecular complexity index is 987. The maximum Gasteiger partial charge on any atom is 0.255 e. The quantitative estimate of drug-likeness (QED) is 0.788. The molecule has 1 aliphatic heterocycles. The zero-order chi connectivity index (χ0) is 17.6. The van der Waals surface area contributed by atoms with Gasteiger partial charge in [-0.2, -0.15) is 0 Å². The van der Waals surface area contributed by atoms with Gasteiger partial charge < -0.3 is 4.98 Å². The van der Waals surface area contributed by atoms with Crippen LogP contribution in [0.3, 0.4) is 0 Å². The fourth-order valence-electron chi connectivity index (χ4n) is 3.36. The summed E-state index contributed by atoms with van der Waals surface area (Å²) in [5.74, 6) is 1.72. The van der Waals surface area contributed by atoms with Crippen LogP contribution in [0.4, 0.5) is 0 Å². The second kappa shape index (κ2) is 6.07. The van der Waals surface area contributed by atoms with E-state index in [1.54, 1.807) is 6.20 Å². The average Bonchev–Trinajstić information content (AvgIpc) is 2.91. The van der Waals surface area contributed by atoms with Gasteiger partial charge in [0.1, 0.15) is 5.82 Å². The third kappa shape index (κ3) is 2.84. The van der Waals surface area contributed by atoms with Crippen molar-refractivity contribution in [3.05, 3.63) is 57.3 Å². The first kappa shape index (κ1) is 16.0. The molecular formula is C18H22N6O. The molecule has 0 aliphatic carbocycles. The molecule has 0 spiro atoms. The Hall–Kier alpha value is -2.54. The van der Waals surface area contributed by atoms with Crippen molar-refractivity contribution in [2.24, 2.45) is 0 Å². The molecule has 4 heterocycles. The van der Waals surface area contributed by atoms with E-state index in [-0.39, 0.29) is 11.5 Å². The maximum atomic E-state index is 12.5. The normalized spacial score (nSPS) is 15.0. The smallest absolute Gasteiger partial charge is 0.255 e. The number of aromatic nitrogens is 5. The Morgan fingerprint density at radius 3 is 2.96 bits per heavy atom. The lowest BCUT2D eigenvalue weighted by Gasteiger charge is -2.28. The van der Waals surface area contributed by atoms with Gasteiger partial charge in [-0.3, -0.25) is 14.1 Å². The molecular weight excluding hydrogens is 316 g/mol. The molecule has 1 aliphatic rings. The van der Waals surface area contributed by atoms with Crippen molar-refractivity contribution in [3.63, 3.8) is 0 Å². The number of imidazole rings is 1. The first-order chi connectivity index (χ1) is 12.0. The van der Waals surface area contributed by atoms with Crippen LogP contribution in [0.25, 0.3) is 5.78 Å². The summed E-state index contributed by atoms with van der Waals surface area (Å²) in [6.45, 7) is 8.33. The van der Waals surface area contributed by atoms with Crippen LogP contribution in [0.15, 0.2) is 23.3 Å². The molecule has 25 heavy (non-hydrogen) atoms. The molecule has 0 unspecified atom stereocenters. The number of nitrogens with zero attached hydrogens (tertiary/aromatic N) is 5. The van der Waals surface area contributed by atoms with E-state index in [0.717, 1.165) is 48.0 Å². The first-order valence-electron chi connectivity index (χ1n) is 8.66. The van der Waals surface area contributed by atoms with Crippen LogP contribution in [0.2, 0.25) is 0 Å². The number of nitrogens with one attached hydrogen (secondary N) is 1. The molecule has 0 aromatic carbocycles. The number of H-pyrrole nitrogens is 1. The zero-order valence-electron chi connectivity index (χ0n) is 14.8. The molecule has 0 atom stereocenters. The minimum atomic E-state index is -0.00469. The number of aryl methyl sites for hydroxylation is 1. The summed E-state index contributed by atoms with van der Waals surface area (Å²) in [7, 11) is 0. The van der Waals surface area contributed by atoms with Gasteiger partial charge in [-0.05, 0) is 13.0 Å². The van der Waals surface area contributed by atoms with E-state index in [4.69, 9.17) is 0 Å². The third-order valence-electron chi connectivity index (χ3n) is 4.79. The van der Waals surface area contributed by atoms with Gasteiger partial charge in [-0.25, -0.2) is 15.0 Å². The highest BCUT2D eigenvalue weighted by Crippen LogP contribution is 2.20. The van der Waals surface area contributed by atoms with Crippen molar-refractivity contribution in [1.82, 2.24) is 29.2 Å². The molecule has 0 fully saturated rings. The Labute approximate surface area is 145 Å². The van der Waals surface area contributed by atoms with Crippen LogP contribution in [0, 0.1) is 6.92 Å². The Balaban J connectivity index is 1.63. The van der Waals surface area contributed by atoms with E-state index >= 15 is 0 Å². The van der Waals surface area contributed by atoms with Gasteiger partial charge in [0.25, 0.3) is 5.56 Å². The minimum Gasteiger partial charge on any atom is -0.310 e. The molecule has 0 amide bonds. The minimum absolute atomic E-state index is 0.00469. The highest BCUT2D eigenvalue weighted by Gasteiger charge is 2.23. The van der Waals surface area contributed by atoms with Crippen molar-refractivity contribution >= 4 is 5.78 Å². The Morgan fingerprint density at radius 2 is 2.16 bits per heavy atom. The standard InChI is InChI=1S/C18H22N6O/c1-11(2)16-21-14-5-8-23(9-13(14)17(25)22-16)10-15-12(3)20-18-19-6-4-7-24(15)18/h4,6-7,11H,5,8-10H2,1-3H3,(H,21,22,25). The van der Waals surface area contributed by atoms with E-state index in [0.29, 0.717) is 12.3 Å². The molecule has 3 aromatic rings. The van der Waals surface area contributed by atoms with Crippen molar-refractivity contribution in [1.29, 1.82) is 0 Å². The zero-order valence-corrected chi connectivity index (χ0v) is 14.8. The SMILES string of the molecule is Cc1nc2ncccn2c1CN1CCc2nc(C(C)C)[nH]c(=O)c2C1. The van der Waals surface area contributed by atoms with E-state index in [1.165, 1.54) is 0 Å². The summed E-state index contributed by atoms with van der Waals surface area (Å²) in [6, 6.07) is 1.91. The lowest BCUT2D eigenvalue weighted by atomic mass is 10.1. The molecule has 130 valence electrons. The number of aromatic amines is 1. The summed E-state index contributed by atoms with van der Waals surface area (Å²) in [4.78, 5) is 31.2. The van der Waals surface area contributed by atoms with Gasteiger partial charge in [0.05, 0.1) is 22.6 Å². The van der Waals surface area contributed by atoms with Crippen LogP contribution in [-0.4, -0.2) is 35.8 Å². The molecule has 0 radical (unpaired) electrons. The van der Waals surface area contributed by atoms with E-state index in [9.17, 15) is 4.79 Å². The Morgan fingerprint density at radius 1 is 1.32 bits per heavy atom. The van der Waals surface area contributed by atoms with Crippen molar-refractivity contribution in [3.8, 4) is 0 Å². The molecule has 0 bridgehead atoms. The Kier molecular flexibility index (Phi) is 3.88. The summed E-state index contributed by atoms with van der Waals surface area (Å²) >= 11 is 0. The first-order valence-corrected chi connectivity index (χ1v) is 8.66. The number of rotatable bonds is 3. The van der Waals surface area contributed by atoms with Crippen LogP contribution in [0.1, 0.15) is 48.2 Å². The van der Waals surface area contributed by atoms with Gasteiger partial charge in [-0.15, -0.1) is 0 Å². The second-order valence-corrected chi connectivity index (χ2v) is 6.93. The van der Waals surface area contributed by atoms with Crippen LogP contribution < -0.4 is 5.56 Å². The molecule has 0 saturated heterocycles. The average molecular weight is 338 g/mol. The molecule has 7 nitrogen and oxygen atoms in total. The predicted molar refractivity (Wildman–Crippen MR) is 94.5 cm³/mol. The van der Waals surface area contributed by atoms with Gasteiger partial charge in [0, 0.05) is 44.4 Å². The summed E-state index contributed by atoms with van der Waals surface area (Å²) in [5.41, 5.74) is 3.83. The van der Waals surface area contributed by atoms with Gasteiger partial charge in [-0.1, -0.05) is 13.8 Å². The maximum absolute atomic E-state index is 12.5. The lowest BCUT2D eigenvalue weighted by Crippen LogP contribution is -2.36. The third-order valence-corrected chi connectivity index (χ3v) is 4.79. The fourth-order valence-corrected chi connectivity index (χ4v) is 3.36. The molecule has 4 rings (SSSR count). The summed E-state index contributed by atoms with van der Waals surface area (Å²) in [6.07, 6.45) is 4.53. The predicted octanol–water partition coefficient (Wildman–Crippen LogP) is 1.80. The summed E-state index contributed by atoms with van der Waals surface area (Å²) in [5, 5.41) is 0. The van der Waals surface area contributed by atoms with Crippen LogP contribution in [-0.2, 0) is 19.5 Å². The topological polar surface area (TPSA) is 79.2 Å². The van der Waals surface area contributed by atoms with E-state index in [1.807, 2.05) is 37.4 Å². The largest absolute Gasteiger partial charge is 0.310 e. The van der Waals surface area contributed by atoms with E-state index in [2.05, 4.69) is 24.8 Å². The van der Waals surface area contributed by atoms with Gasteiger partial charge in [0.2, 0.25) is 5.78 Å². The van der Waals surface area contributed by atoms with Crippen molar-refractivity contribution in [2.75, 3.05) is 6.54 Å². The molecule has 0 saturated carbocycles. The molecule has 1 N–H and O–H groups in total. The monoisotopic (exact) mass is 338 g/mol. The number of fused-ring (bicyclic) bond motifs is 2. The van der Waals surface area contributed by atoms with Crippen molar-refractivity contribution < 1.29 is 0 Å². The van der Waals surface area contributed by atoms with Gasteiger partial charge in [0.15, 0.2) is 0 Å². The van der Waals surface area contributed by atoms with Crippen LogP contribution in [0.5, 0.6) is 0 Å². The number of hydrogen-bond donors (Lipinski definition) is 1. The van der Waals surface area contributed by atoms with Crippen LogP contribution >= 0.6 is 0 Å². The van der Waals surface area contributed by atoms with Gasteiger partial charge >= 0.3 is 0 Å². The highest BCUT2D eigenvalue weighted by molar-refractivity contribution is 5.35. The molecule has 7 heteroatoms. The number of hydrogen-bond acceptors (Lipinski definition) is 5. The molecule has 3 aromatic heterocycles. The summed E-state index contributed by atoms with van der Waals surface area (Å²) < 4.78 is 2.02. The second-order valence-electron chi connectivity index (χ2n) is 6.93. The highest BCUT2D eigenvalue weighted by atomic mass is 16.1. The van der Waals surface area contributed by atoms with Crippen molar-refractivity contribution in [2.45, 2.75) is 46.2 Å². The lowest BCUT2D eigenvalue weighted by molar-refractivity contribution is 0.237.